The zero-order valence-electron chi connectivity index (χ0n) is 12.0. The van der Waals surface area contributed by atoms with Gasteiger partial charge in [0.1, 0.15) is 5.75 Å². The minimum Gasteiger partial charge on any atom is -0.497 e. The molecule has 0 radical (unpaired) electrons. The van der Waals surface area contributed by atoms with Crippen LogP contribution in [0.2, 0.25) is 0 Å². The summed E-state index contributed by atoms with van der Waals surface area (Å²) in [5, 5.41) is 2.99. The summed E-state index contributed by atoms with van der Waals surface area (Å²) in [6, 6.07) is 7.73. The number of carbonyl (C=O) groups is 1. The zero-order valence-corrected chi connectivity index (χ0v) is 12.0. The molecule has 0 aliphatic rings. The molecule has 4 nitrogen and oxygen atoms in total. The Morgan fingerprint density at radius 2 is 1.95 bits per heavy atom. The molecular weight excluding hydrogens is 240 g/mol. The fourth-order valence-electron chi connectivity index (χ4n) is 1.78. The van der Waals surface area contributed by atoms with Gasteiger partial charge in [0.05, 0.1) is 13.2 Å². The van der Waals surface area contributed by atoms with Gasteiger partial charge in [-0.05, 0) is 43.5 Å². The van der Waals surface area contributed by atoms with Crippen LogP contribution in [0.3, 0.4) is 0 Å². The maximum Gasteiger partial charge on any atom is 0.220 e. The van der Waals surface area contributed by atoms with Gasteiger partial charge in [-0.1, -0.05) is 19.1 Å². The molecule has 0 bridgehead atoms. The molecule has 0 heterocycles. The summed E-state index contributed by atoms with van der Waals surface area (Å²) >= 11 is 0. The van der Waals surface area contributed by atoms with Crippen molar-refractivity contribution >= 4 is 5.91 Å². The monoisotopic (exact) mass is 264 g/mol. The Morgan fingerprint density at radius 1 is 1.32 bits per heavy atom. The number of rotatable bonds is 7. The average molecular weight is 264 g/mol. The molecule has 19 heavy (non-hydrogen) atoms. The number of benzene rings is 1. The number of hydrogen-bond acceptors (Lipinski definition) is 3. The second kappa shape index (κ2) is 7.79. The van der Waals surface area contributed by atoms with Crippen molar-refractivity contribution in [3.63, 3.8) is 0 Å². The van der Waals surface area contributed by atoms with Gasteiger partial charge >= 0.3 is 0 Å². The number of amides is 1. The highest BCUT2D eigenvalue weighted by molar-refractivity contribution is 5.76. The van der Waals surface area contributed by atoms with Gasteiger partial charge in [-0.25, -0.2) is 0 Å². The molecule has 1 amide bonds. The second-order valence-corrected chi connectivity index (χ2v) is 4.94. The van der Waals surface area contributed by atoms with Gasteiger partial charge in [-0.3, -0.25) is 4.79 Å². The van der Waals surface area contributed by atoms with Gasteiger partial charge in [-0.2, -0.15) is 0 Å². The van der Waals surface area contributed by atoms with Crippen molar-refractivity contribution in [1.29, 1.82) is 0 Å². The normalized spacial score (nSPS) is 13.7. The molecule has 1 rings (SSSR count). The van der Waals surface area contributed by atoms with Crippen molar-refractivity contribution in [2.45, 2.75) is 32.7 Å². The molecular formula is C15H24N2O2. The van der Waals surface area contributed by atoms with Crippen LogP contribution < -0.4 is 15.8 Å². The Kier molecular flexibility index (Phi) is 6.36. The van der Waals surface area contributed by atoms with Crippen molar-refractivity contribution in [2.24, 2.45) is 11.7 Å². The maximum atomic E-state index is 11.8. The Balaban J connectivity index is 2.44. The standard InChI is InChI=1S/C15H24N2O2/c1-11(10-16)4-9-15(18)17-12(2)13-5-7-14(19-3)8-6-13/h5-8,11-12H,4,9-10,16H2,1-3H3,(H,17,18)/t11?,12-/m1/s1. The Bertz CT molecular complexity index is 390. The molecule has 0 aromatic heterocycles. The molecule has 1 unspecified atom stereocenters. The largest absolute Gasteiger partial charge is 0.497 e. The van der Waals surface area contributed by atoms with Gasteiger partial charge in [0.2, 0.25) is 5.91 Å². The van der Waals surface area contributed by atoms with Crippen molar-refractivity contribution < 1.29 is 9.53 Å². The van der Waals surface area contributed by atoms with Crippen LogP contribution in [-0.4, -0.2) is 19.6 Å². The molecule has 0 saturated carbocycles. The highest BCUT2D eigenvalue weighted by Gasteiger charge is 2.10. The quantitative estimate of drug-likeness (QED) is 0.794. The Morgan fingerprint density at radius 3 is 2.47 bits per heavy atom. The van der Waals surface area contributed by atoms with Gasteiger partial charge in [-0.15, -0.1) is 0 Å². The third-order valence-electron chi connectivity index (χ3n) is 3.26. The third-order valence-corrected chi connectivity index (χ3v) is 3.26. The van der Waals surface area contributed by atoms with Gasteiger partial charge in [0.25, 0.3) is 0 Å². The van der Waals surface area contributed by atoms with E-state index in [1.165, 1.54) is 0 Å². The van der Waals surface area contributed by atoms with Crippen molar-refractivity contribution in [3.05, 3.63) is 29.8 Å². The highest BCUT2D eigenvalue weighted by Crippen LogP contribution is 2.17. The van der Waals surface area contributed by atoms with Crippen LogP contribution in [0.1, 0.15) is 38.3 Å². The first-order valence-corrected chi connectivity index (χ1v) is 6.70. The molecule has 0 fully saturated rings. The van der Waals surface area contributed by atoms with E-state index in [2.05, 4.69) is 12.2 Å². The predicted molar refractivity (Wildman–Crippen MR) is 77.0 cm³/mol. The maximum absolute atomic E-state index is 11.8. The fraction of sp³-hybridized carbons (Fsp3) is 0.533. The smallest absolute Gasteiger partial charge is 0.220 e. The number of ether oxygens (including phenoxy) is 1. The van der Waals surface area contributed by atoms with E-state index < -0.39 is 0 Å². The minimum atomic E-state index is 0.00610. The lowest BCUT2D eigenvalue weighted by atomic mass is 10.0. The first kappa shape index (κ1) is 15.5. The van der Waals surface area contributed by atoms with Crippen molar-refractivity contribution in [3.8, 4) is 5.75 Å². The zero-order chi connectivity index (χ0) is 14.3. The minimum absolute atomic E-state index is 0.00610. The van der Waals surface area contributed by atoms with Crippen LogP contribution in [0.5, 0.6) is 5.75 Å². The Hall–Kier alpha value is -1.55. The number of methoxy groups -OCH3 is 1. The van der Waals surface area contributed by atoms with E-state index in [1.54, 1.807) is 7.11 Å². The molecule has 3 N–H and O–H groups in total. The third kappa shape index (κ3) is 5.30. The molecule has 0 aliphatic heterocycles. The molecule has 0 saturated heterocycles. The summed E-state index contributed by atoms with van der Waals surface area (Å²) in [6.07, 6.45) is 1.36. The van der Waals surface area contributed by atoms with E-state index in [9.17, 15) is 4.79 Å². The van der Waals surface area contributed by atoms with Gasteiger partial charge in [0.15, 0.2) is 0 Å². The summed E-state index contributed by atoms with van der Waals surface area (Å²) in [4.78, 5) is 11.8. The summed E-state index contributed by atoms with van der Waals surface area (Å²) in [7, 11) is 1.64. The van der Waals surface area contributed by atoms with E-state index in [1.807, 2.05) is 31.2 Å². The van der Waals surface area contributed by atoms with E-state index in [0.717, 1.165) is 17.7 Å². The highest BCUT2D eigenvalue weighted by atomic mass is 16.5. The van der Waals surface area contributed by atoms with Crippen LogP contribution in [0.15, 0.2) is 24.3 Å². The van der Waals surface area contributed by atoms with Crippen LogP contribution in [-0.2, 0) is 4.79 Å². The molecule has 4 heteroatoms. The lowest BCUT2D eigenvalue weighted by Crippen LogP contribution is -2.27. The van der Waals surface area contributed by atoms with Crippen LogP contribution in [0.25, 0.3) is 0 Å². The van der Waals surface area contributed by atoms with E-state index >= 15 is 0 Å². The molecule has 1 aromatic rings. The number of nitrogens with one attached hydrogen (secondary N) is 1. The van der Waals surface area contributed by atoms with Crippen LogP contribution in [0.4, 0.5) is 0 Å². The number of nitrogens with two attached hydrogens (primary N) is 1. The van der Waals surface area contributed by atoms with Gasteiger partial charge in [0, 0.05) is 6.42 Å². The molecule has 106 valence electrons. The first-order chi connectivity index (χ1) is 9.06. The summed E-state index contributed by atoms with van der Waals surface area (Å²) < 4.78 is 5.11. The predicted octanol–water partition coefficient (Wildman–Crippen LogP) is 2.25. The summed E-state index contributed by atoms with van der Waals surface area (Å²) in [5.41, 5.74) is 6.60. The summed E-state index contributed by atoms with van der Waals surface area (Å²) in [5.74, 6) is 1.28. The van der Waals surface area contributed by atoms with Crippen LogP contribution >= 0.6 is 0 Å². The van der Waals surface area contributed by atoms with Crippen LogP contribution in [0, 0.1) is 5.92 Å². The number of carbonyl (C=O) groups excluding carboxylic acids is 1. The first-order valence-electron chi connectivity index (χ1n) is 6.70. The molecule has 2 atom stereocenters. The lowest BCUT2D eigenvalue weighted by molar-refractivity contribution is -0.122. The fourth-order valence-corrected chi connectivity index (χ4v) is 1.78. The average Bonchev–Trinajstić information content (AvgIpc) is 2.44. The van der Waals surface area contributed by atoms with Crippen molar-refractivity contribution in [2.75, 3.05) is 13.7 Å². The second-order valence-electron chi connectivity index (χ2n) is 4.94. The number of hydrogen-bond donors (Lipinski definition) is 2. The van der Waals surface area contributed by atoms with E-state index in [-0.39, 0.29) is 11.9 Å². The summed E-state index contributed by atoms with van der Waals surface area (Å²) in [6.45, 7) is 4.66. The van der Waals surface area contributed by atoms with E-state index in [0.29, 0.717) is 18.9 Å². The van der Waals surface area contributed by atoms with E-state index in [4.69, 9.17) is 10.5 Å². The Labute approximate surface area is 115 Å². The topological polar surface area (TPSA) is 64.3 Å². The lowest BCUT2D eigenvalue weighted by Gasteiger charge is -2.15. The molecule has 0 aliphatic carbocycles. The molecule has 1 aromatic carbocycles. The van der Waals surface area contributed by atoms with Crippen molar-refractivity contribution in [1.82, 2.24) is 5.32 Å². The SMILES string of the molecule is COc1ccc([C@@H](C)NC(=O)CCC(C)CN)cc1. The van der Waals surface area contributed by atoms with Gasteiger partial charge < -0.3 is 15.8 Å². The molecule has 0 spiro atoms.